The number of ether oxygens (including phenoxy) is 2. The van der Waals surface area contributed by atoms with Crippen LogP contribution in [0.1, 0.15) is 47.7 Å². The summed E-state index contributed by atoms with van der Waals surface area (Å²) in [5.41, 5.74) is 0.889. The quantitative estimate of drug-likeness (QED) is 0.460. The number of anilines is 1. The van der Waals surface area contributed by atoms with Gasteiger partial charge in [-0.25, -0.2) is 23.2 Å². The molecular formula is C23H23N3O7S2. The van der Waals surface area contributed by atoms with Gasteiger partial charge in [0.15, 0.2) is 21.1 Å². The maximum absolute atomic E-state index is 13.3. The predicted octanol–water partition coefficient (Wildman–Crippen LogP) is 3.20. The van der Waals surface area contributed by atoms with Crippen LogP contribution in [-0.4, -0.2) is 59.9 Å². The second-order valence-corrected chi connectivity index (χ2v) is 11.7. The van der Waals surface area contributed by atoms with Crippen molar-refractivity contribution in [3.05, 3.63) is 47.7 Å². The standard InChI is InChI=1S/C23H23N3O7S2/c27-20(26-23-25-18-11-14(22(28)29)12-24-21(18)34-23)19(33-15-7-9-32-10-8-15)13-1-3-16(4-2-13)35(30,31)17-5-6-17/h1-4,11-12,15,17,19H,5-10H2,(H,28,29)(H,25,26,27). The fourth-order valence-corrected chi connectivity index (χ4v) is 6.31. The van der Waals surface area contributed by atoms with Crippen LogP contribution in [0.25, 0.3) is 10.3 Å². The fourth-order valence-electron chi connectivity index (χ4n) is 3.86. The fraction of sp³-hybridized carbons (Fsp3) is 0.391. The minimum absolute atomic E-state index is 0.00245. The van der Waals surface area contributed by atoms with Gasteiger partial charge in [0, 0.05) is 19.4 Å². The second-order valence-electron chi connectivity index (χ2n) is 8.50. The first kappa shape index (κ1) is 23.8. The van der Waals surface area contributed by atoms with Gasteiger partial charge in [0.05, 0.1) is 21.8 Å². The van der Waals surface area contributed by atoms with E-state index in [1.54, 1.807) is 12.1 Å². The van der Waals surface area contributed by atoms with E-state index in [9.17, 15) is 18.0 Å². The van der Waals surface area contributed by atoms with Crippen LogP contribution in [0, 0.1) is 0 Å². The van der Waals surface area contributed by atoms with Gasteiger partial charge in [-0.1, -0.05) is 23.5 Å². The minimum atomic E-state index is -3.34. The first-order valence-corrected chi connectivity index (χ1v) is 13.6. The van der Waals surface area contributed by atoms with Gasteiger partial charge >= 0.3 is 5.97 Å². The van der Waals surface area contributed by atoms with Crippen molar-refractivity contribution in [1.82, 2.24) is 9.97 Å². The first-order valence-electron chi connectivity index (χ1n) is 11.2. The van der Waals surface area contributed by atoms with Gasteiger partial charge in [0.1, 0.15) is 10.3 Å². The molecule has 10 nitrogen and oxygen atoms in total. The van der Waals surface area contributed by atoms with Crippen LogP contribution in [-0.2, 0) is 24.1 Å². The molecule has 35 heavy (non-hydrogen) atoms. The number of thiazole rings is 1. The summed E-state index contributed by atoms with van der Waals surface area (Å²) in [6, 6.07) is 7.65. The maximum atomic E-state index is 13.3. The number of aromatic carboxylic acids is 1. The summed E-state index contributed by atoms with van der Waals surface area (Å²) in [6.45, 7) is 1.07. The van der Waals surface area contributed by atoms with E-state index in [0.29, 0.717) is 54.8 Å². The van der Waals surface area contributed by atoms with E-state index >= 15 is 0 Å². The normalized spacial score (nSPS) is 17.8. The zero-order chi connectivity index (χ0) is 24.6. The molecule has 1 aliphatic carbocycles. The molecule has 1 unspecified atom stereocenters. The Labute approximate surface area is 205 Å². The highest BCUT2D eigenvalue weighted by atomic mass is 32.2. The monoisotopic (exact) mass is 517 g/mol. The molecule has 1 saturated carbocycles. The Morgan fingerprint density at radius 1 is 1.14 bits per heavy atom. The molecular weight excluding hydrogens is 494 g/mol. The number of benzene rings is 1. The van der Waals surface area contributed by atoms with E-state index in [4.69, 9.17) is 14.6 Å². The lowest BCUT2D eigenvalue weighted by Gasteiger charge is -2.27. The molecule has 2 aliphatic rings. The Morgan fingerprint density at radius 2 is 1.86 bits per heavy atom. The number of rotatable bonds is 8. The second kappa shape index (κ2) is 9.61. The molecule has 1 amide bonds. The topological polar surface area (TPSA) is 145 Å². The molecule has 0 spiro atoms. The number of pyridine rings is 1. The molecule has 2 aromatic heterocycles. The number of carbonyl (C=O) groups excluding carboxylic acids is 1. The van der Waals surface area contributed by atoms with Crippen molar-refractivity contribution in [2.45, 2.75) is 48.0 Å². The van der Waals surface area contributed by atoms with Crippen LogP contribution >= 0.6 is 11.3 Å². The third-order valence-electron chi connectivity index (χ3n) is 5.93. The number of sulfone groups is 1. The molecule has 1 atom stereocenters. The van der Waals surface area contributed by atoms with Gasteiger partial charge in [-0.3, -0.25) is 10.1 Å². The van der Waals surface area contributed by atoms with Gasteiger partial charge in [0.2, 0.25) is 0 Å². The number of carbonyl (C=O) groups is 2. The van der Waals surface area contributed by atoms with Crippen molar-refractivity contribution in [1.29, 1.82) is 0 Å². The van der Waals surface area contributed by atoms with E-state index in [-0.39, 0.29) is 26.9 Å². The Hall–Kier alpha value is -2.93. The van der Waals surface area contributed by atoms with Crippen molar-refractivity contribution in [2.24, 2.45) is 0 Å². The summed E-state index contributed by atoms with van der Waals surface area (Å²) in [4.78, 5) is 33.6. The number of fused-ring (bicyclic) bond motifs is 1. The highest BCUT2D eigenvalue weighted by Gasteiger charge is 2.37. The molecule has 1 aliphatic heterocycles. The van der Waals surface area contributed by atoms with Gasteiger partial charge in [-0.15, -0.1) is 0 Å². The molecule has 184 valence electrons. The lowest BCUT2D eigenvalue weighted by Crippen LogP contribution is -2.31. The first-order chi connectivity index (χ1) is 16.8. The predicted molar refractivity (Wildman–Crippen MR) is 127 cm³/mol. The maximum Gasteiger partial charge on any atom is 0.337 e. The largest absolute Gasteiger partial charge is 0.478 e. The van der Waals surface area contributed by atoms with Gasteiger partial charge in [0.25, 0.3) is 5.91 Å². The Bertz CT molecular complexity index is 1360. The molecule has 3 aromatic rings. The van der Waals surface area contributed by atoms with Gasteiger partial charge in [-0.05, 0) is 49.4 Å². The van der Waals surface area contributed by atoms with Crippen LogP contribution in [0.15, 0.2) is 41.4 Å². The summed E-state index contributed by atoms with van der Waals surface area (Å²) in [5.74, 6) is -1.58. The van der Waals surface area contributed by atoms with Crippen molar-refractivity contribution in [3.63, 3.8) is 0 Å². The summed E-state index contributed by atoms with van der Waals surface area (Å²) in [6.07, 6.45) is 2.68. The van der Waals surface area contributed by atoms with E-state index in [0.717, 1.165) is 11.3 Å². The lowest BCUT2D eigenvalue weighted by molar-refractivity contribution is -0.136. The van der Waals surface area contributed by atoms with Crippen molar-refractivity contribution < 1.29 is 32.6 Å². The number of carboxylic acids is 1. The molecule has 0 bridgehead atoms. The zero-order valence-electron chi connectivity index (χ0n) is 18.5. The SMILES string of the molecule is O=C(O)c1cnc2sc(NC(=O)C(OC3CCOCC3)c3ccc(S(=O)(=O)C4CC4)cc3)nc2c1. The third kappa shape index (κ3) is 5.20. The number of hydrogen-bond donors (Lipinski definition) is 2. The molecule has 3 heterocycles. The Morgan fingerprint density at radius 3 is 2.51 bits per heavy atom. The number of carboxylic acid groups (broad SMARTS) is 1. The average molecular weight is 518 g/mol. The van der Waals surface area contributed by atoms with Crippen molar-refractivity contribution in [2.75, 3.05) is 18.5 Å². The van der Waals surface area contributed by atoms with E-state index < -0.39 is 27.8 Å². The number of nitrogens with one attached hydrogen (secondary N) is 1. The van der Waals surface area contributed by atoms with Gasteiger partial charge in [-0.2, -0.15) is 0 Å². The Balaban J connectivity index is 1.39. The smallest absolute Gasteiger partial charge is 0.337 e. The summed E-state index contributed by atoms with van der Waals surface area (Å²) in [7, 11) is -3.34. The summed E-state index contributed by atoms with van der Waals surface area (Å²) >= 11 is 1.12. The molecule has 1 aromatic carbocycles. The van der Waals surface area contributed by atoms with E-state index in [1.807, 2.05) is 0 Å². The average Bonchev–Trinajstić information content (AvgIpc) is 3.64. The van der Waals surface area contributed by atoms with Crippen molar-refractivity contribution >= 4 is 48.5 Å². The summed E-state index contributed by atoms with van der Waals surface area (Å²) in [5, 5.41) is 11.8. The number of aromatic nitrogens is 2. The molecule has 2 fully saturated rings. The molecule has 0 radical (unpaired) electrons. The number of nitrogens with zero attached hydrogens (tertiary/aromatic N) is 2. The van der Waals surface area contributed by atoms with Crippen LogP contribution in [0.4, 0.5) is 5.13 Å². The van der Waals surface area contributed by atoms with Gasteiger partial charge < -0.3 is 14.6 Å². The summed E-state index contributed by atoms with van der Waals surface area (Å²) < 4.78 is 36.6. The molecule has 1 saturated heterocycles. The zero-order valence-corrected chi connectivity index (χ0v) is 20.2. The molecule has 2 N–H and O–H groups in total. The lowest BCUT2D eigenvalue weighted by atomic mass is 10.1. The van der Waals surface area contributed by atoms with Crippen LogP contribution in [0.5, 0.6) is 0 Å². The highest BCUT2D eigenvalue weighted by molar-refractivity contribution is 7.92. The minimum Gasteiger partial charge on any atom is -0.478 e. The van der Waals surface area contributed by atoms with Crippen LogP contribution < -0.4 is 5.32 Å². The van der Waals surface area contributed by atoms with E-state index in [1.165, 1.54) is 24.4 Å². The van der Waals surface area contributed by atoms with Crippen LogP contribution in [0.2, 0.25) is 0 Å². The van der Waals surface area contributed by atoms with Crippen LogP contribution in [0.3, 0.4) is 0 Å². The van der Waals surface area contributed by atoms with E-state index in [2.05, 4.69) is 15.3 Å². The number of amides is 1. The number of hydrogen-bond acceptors (Lipinski definition) is 9. The molecule has 5 rings (SSSR count). The Kier molecular flexibility index (Phi) is 6.53. The third-order valence-corrected chi connectivity index (χ3v) is 9.11. The van der Waals surface area contributed by atoms with Crippen molar-refractivity contribution in [3.8, 4) is 0 Å². The molecule has 12 heteroatoms. The highest BCUT2D eigenvalue weighted by Crippen LogP contribution is 2.34.